The minimum absolute atomic E-state index is 0.00981. The number of nitro benzene ring substituents is 1. The summed E-state index contributed by atoms with van der Waals surface area (Å²) in [6, 6.07) is 5.94. The van der Waals surface area contributed by atoms with Gasteiger partial charge in [0.2, 0.25) is 0 Å². The smallest absolute Gasteiger partial charge is 0.270 e. The summed E-state index contributed by atoms with van der Waals surface area (Å²) in [5, 5.41) is 20.9. The van der Waals surface area contributed by atoms with Crippen molar-refractivity contribution in [3.05, 3.63) is 40.1 Å². The van der Waals surface area contributed by atoms with E-state index in [0.717, 1.165) is 0 Å². The van der Waals surface area contributed by atoms with E-state index in [1.165, 1.54) is 18.2 Å². The largest absolute Gasteiger partial charge is 0.458 e. The zero-order valence-corrected chi connectivity index (χ0v) is 8.93. The van der Waals surface area contributed by atoms with Crippen LogP contribution in [0.4, 0.5) is 5.69 Å². The molecule has 0 amide bonds. The van der Waals surface area contributed by atoms with Gasteiger partial charge in [0.1, 0.15) is 16.9 Å². The molecule has 0 bridgehead atoms. The fourth-order valence-corrected chi connectivity index (χ4v) is 1.45. The van der Waals surface area contributed by atoms with Crippen molar-refractivity contribution in [1.29, 1.82) is 0 Å². The molecule has 1 N–H and O–H groups in total. The number of benzene rings is 1. The number of aliphatic hydroxyl groups is 1. The van der Waals surface area contributed by atoms with Crippen LogP contribution in [0.5, 0.6) is 0 Å². The molecule has 0 aliphatic heterocycles. The highest BCUT2D eigenvalue weighted by Crippen LogP contribution is 2.29. The lowest BCUT2D eigenvalue weighted by Gasteiger charge is -2.12. The Labute approximate surface area is 91.4 Å². The SMILES string of the molecule is CC(C)(O)c1cc2cc([N+](=O)[O-])ccc2o1. The molecule has 0 spiro atoms. The number of nitro groups is 1. The summed E-state index contributed by atoms with van der Waals surface area (Å²) in [6.45, 7) is 3.19. The van der Waals surface area contributed by atoms with Crippen LogP contribution in [0.15, 0.2) is 28.7 Å². The summed E-state index contributed by atoms with van der Waals surface area (Å²) in [5.74, 6) is 0.392. The minimum Gasteiger partial charge on any atom is -0.458 e. The van der Waals surface area contributed by atoms with Crippen molar-refractivity contribution in [1.82, 2.24) is 0 Å². The van der Waals surface area contributed by atoms with Gasteiger partial charge in [-0.25, -0.2) is 0 Å². The van der Waals surface area contributed by atoms with E-state index in [2.05, 4.69) is 0 Å². The van der Waals surface area contributed by atoms with Crippen molar-refractivity contribution >= 4 is 16.7 Å². The standard InChI is InChI=1S/C11H11NO4/c1-11(2,13)10-6-7-5-8(12(14)15)3-4-9(7)16-10/h3-6,13H,1-2H3. The van der Waals surface area contributed by atoms with E-state index in [4.69, 9.17) is 4.42 Å². The molecule has 2 rings (SSSR count). The zero-order chi connectivity index (χ0) is 11.9. The highest BCUT2D eigenvalue weighted by atomic mass is 16.6. The molecule has 5 nitrogen and oxygen atoms in total. The topological polar surface area (TPSA) is 76.5 Å². The van der Waals surface area contributed by atoms with Gasteiger partial charge in [0.15, 0.2) is 0 Å². The maximum absolute atomic E-state index is 10.6. The first kappa shape index (κ1) is 10.6. The number of hydrogen-bond acceptors (Lipinski definition) is 4. The summed E-state index contributed by atoms with van der Waals surface area (Å²) >= 11 is 0. The molecule has 0 aliphatic rings. The lowest BCUT2D eigenvalue weighted by Crippen LogP contribution is -2.13. The van der Waals surface area contributed by atoms with E-state index in [9.17, 15) is 15.2 Å². The van der Waals surface area contributed by atoms with E-state index in [1.807, 2.05) is 0 Å². The first-order valence-corrected chi connectivity index (χ1v) is 4.79. The van der Waals surface area contributed by atoms with Gasteiger partial charge < -0.3 is 9.52 Å². The Bertz CT molecular complexity index is 551. The number of fused-ring (bicyclic) bond motifs is 1. The van der Waals surface area contributed by atoms with Crippen molar-refractivity contribution in [2.24, 2.45) is 0 Å². The van der Waals surface area contributed by atoms with Crippen molar-refractivity contribution < 1.29 is 14.4 Å². The third kappa shape index (κ3) is 1.77. The van der Waals surface area contributed by atoms with Crippen LogP contribution in [0.2, 0.25) is 0 Å². The number of nitrogens with zero attached hydrogens (tertiary/aromatic N) is 1. The van der Waals surface area contributed by atoms with Gasteiger partial charge in [-0.2, -0.15) is 0 Å². The molecule has 1 aromatic heterocycles. The van der Waals surface area contributed by atoms with E-state index < -0.39 is 10.5 Å². The van der Waals surface area contributed by atoms with Crippen LogP contribution < -0.4 is 0 Å². The lowest BCUT2D eigenvalue weighted by atomic mass is 10.1. The Kier molecular flexibility index (Phi) is 2.20. The number of furan rings is 1. The number of non-ortho nitro benzene ring substituents is 1. The maximum atomic E-state index is 10.6. The van der Waals surface area contributed by atoms with E-state index >= 15 is 0 Å². The van der Waals surface area contributed by atoms with Crippen LogP contribution in [0.3, 0.4) is 0 Å². The Morgan fingerprint density at radius 1 is 1.38 bits per heavy atom. The number of hydrogen-bond donors (Lipinski definition) is 1. The predicted molar refractivity (Wildman–Crippen MR) is 58.1 cm³/mol. The van der Waals surface area contributed by atoms with Gasteiger partial charge in [0.25, 0.3) is 5.69 Å². The Hall–Kier alpha value is -1.88. The fourth-order valence-electron chi connectivity index (χ4n) is 1.45. The van der Waals surface area contributed by atoms with Crippen molar-refractivity contribution in [2.45, 2.75) is 19.4 Å². The molecule has 0 atom stereocenters. The predicted octanol–water partition coefficient (Wildman–Crippen LogP) is 2.57. The third-order valence-corrected chi connectivity index (χ3v) is 2.31. The van der Waals surface area contributed by atoms with Gasteiger partial charge in [-0.1, -0.05) is 0 Å². The molecule has 0 radical (unpaired) electrons. The first-order chi connectivity index (χ1) is 7.38. The Morgan fingerprint density at radius 2 is 2.06 bits per heavy atom. The maximum Gasteiger partial charge on any atom is 0.270 e. The molecule has 0 saturated heterocycles. The average molecular weight is 221 g/mol. The van der Waals surface area contributed by atoms with Crippen molar-refractivity contribution in [3.63, 3.8) is 0 Å². The average Bonchev–Trinajstić information content (AvgIpc) is 2.58. The monoisotopic (exact) mass is 221 g/mol. The zero-order valence-electron chi connectivity index (χ0n) is 8.93. The molecule has 0 unspecified atom stereocenters. The highest BCUT2D eigenvalue weighted by Gasteiger charge is 2.21. The fraction of sp³-hybridized carbons (Fsp3) is 0.273. The molecule has 84 valence electrons. The molecule has 1 heterocycles. The minimum atomic E-state index is -1.09. The van der Waals surface area contributed by atoms with Gasteiger partial charge in [-0.15, -0.1) is 0 Å². The molecular weight excluding hydrogens is 210 g/mol. The molecule has 0 saturated carbocycles. The second-order valence-electron chi connectivity index (χ2n) is 4.15. The molecule has 0 aliphatic carbocycles. The number of rotatable bonds is 2. The summed E-state index contributed by atoms with van der Waals surface area (Å²) in [5.41, 5.74) is -0.549. The van der Waals surface area contributed by atoms with Crippen LogP contribution in [0.1, 0.15) is 19.6 Å². The quantitative estimate of drug-likeness (QED) is 0.624. The van der Waals surface area contributed by atoms with Crippen molar-refractivity contribution in [2.75, 3.05) is 0 Å². The second kappa shape index (κ2) is 3.31. The second-order valence-corrected chi connectivity index (χ2v) is 4.15. The van der Waals surface area contributed by atoms with Crippen LogP contribution >= 0.6 is 0 Å². The molecule has 5 heteroatoms. The summed E-state index contributed by atoms with van der Waals surface area (Å²) < 4.78 is 5.39. The van der Waals surface area contributed by atoms with Crippen LogP contribution in [0.25, 0.3) is 11.0 Å². The van der Waals surface area contributed by atoms with Crippen LogP contribution in [-0.4, -0.2) is 10.0 Å². The third-order valence-electron chi connectivity index (χ3n) is 2.31. The van der Waals surface area contributed by atoms with E-state index in [0.29, 0.717) is 16.7 Å². The van der Waals surface area contributed by atoms with Crippen LogP contribution in [-0.2, 0) is 5.60 Å². The highest BCUT2D eigenvalue weighted by molar-refractivity contribution is 5.80. The van der Waals surface area contributed by atoms with E-state index in [-0.39, 0.29) is 5.69 Å². The molecule has 16 heavy (non-hydrogen) atoms. The van der Waals surface area contributed by atoms with Gasteiger partial charge in [-0.05, 0) is 26.0 Å². The van der Waals surface area contributed by atoms with Gasteiger partial charge in [0, 0.05) is 17.5 Å². The summed E-state index contributed by atoms with van der Waals surface area (Å²) in [4.78, 5) is 10.1. The lowest BCUT2D eigenvalue weighted by molar-refractivity contribution is -0.384. The van der Waals surface area contributed by atoms with Gasteiger partial charge in [-0.3, -0.25) is 10.1 Å². The molecule has 0 fully saturated rings. The van der Waals surface area contributed by atoms with Crippen LogP contribution in [0, 0.1) is 10.1 Å². The van der Waals surface area contributed by atoms with E-state index in [1.54, 1.807) is 19.9 Å². The summed E-state index contributed by atoms with van der Waals surface area (Å²) in [6.07, 6.45) is 0. The Balaban J connectivity index is 2.59. The Morgan fingerprint density at radius 3 is 2.62 bits per heavy atom. The normalized spacial score (nSPS) is 11.9. The van der Waals surface area contributed by atoms with Gasteiger partial charge >= 0.3 is 0 Å². The first-order valence-electron chi connectivity index (χ1n) is 4.79. The van der Waals surface area contributed by atoms with Gasteiger partial charge in [0.05, 0.1) is 4.92 Å². The molecular formula is C11H11NO4. The molecule has 1 aromatic carbocycles. The van der Waals surface area contributed by atoms with Crippen molar-refractivity contribution in [3.8, 4) is 0 Å². The summed E-state index contributed by atoms with van der Waals surface area (Å²) in [7, 11) is 0. The molecule has 2 aromatic rings.